The lowest BCUT2D eigenvalue weighted by Crippen LogP contribution is -1.99. The summed E-state index contributed by atoms with van der Waals surface area (Å²) in [5.41, 5.74) is 6.69. The number of hydrogen-bond acceptors (Lipinski definition) is 1. The van der Waals surface area contributed by atoms with E-state index in [0.29, 0.717) is 12.1 Å². The van der Waals surface area contributed by atoms with Crippen LogP contribution in [0.3, 0.4) is 0 Å². The average Bonchev–Trinajstić information content (AvgIpc) is 2.04. The largest absolute Gasteiger partial charge is 0.326 e. The van der Waals surface area contributed by atoms with E-state index in [-0.39, 0.29) is 5.82 Å². The molecule has 0 fully saturated rings. The molecule has 1 rings (SSSR count). The molecule has 11 heavy (non-hydrogen) atoms. The van der Waals surface area contributed by atoms with E-state index in [9.17, 15) is 4.39 Å². The zero-order chi connectivity index (χ0) is 8.27. The van der Waals surface area contributed by atoms with Crippen LogP contribution in [-0.4, -0.2) is 0 Å². The summed E-state index contributed by atoms with van der Waals surface area (Å²) in [6.07, 6.45) is 5.12. The minimum atomic E-state index is -0.324. The Morgan fingerprint density at radius 2 is 2.27 bits per heavy atom. The summed E-state index contributed by atoms with van der Waals surface area (Å²) in [6.45, 7) is 0.347. The molecule has 0 amide bonds. The van der Waals surface area contributed by atoms with E-state index in [0.717, 1.165) is 5.56 Å². The number of benzene rings is 1. The fourth-order valence-electron chi connectivity index (χ4n) is 0.861. The van der Waals surface area contributed by atoms with Crippen LogP contribution in [0.25, 0.3) is 0 Å². The number of hydrogen-bond donors (Lipinski definition) is 1. The second kappa shape index (κ2) is 3.18. The molecule has 2 N–H and O–H groups in total. The molecule has 0 radical (unpaired) electrons. The minimum Gasteiger partial charge on any atom is -0.326 e. The number of rotatable bonds is 1. The summed E-state index contributed by atoms with van der Waals surface area (Å²) in [4.78, 5) is 0. The zero-order valence-corrected chi connectivity index (χ0v) is 5.97. The van der Waals surface area contributed by atoms with E-state index in [1.54, 1.807) is 6.07 Å². The van der Waals surface area contributed by atoms with E-state index in [4.69, 9.17) is 12.2 Å². The van der Waals surface area contributed by atoms with Crippen LogP contribution in [-0.2, 0) is 6.54 Å². The number of nitrogens with two attached hydrogens (primary N) is 1. The molecule has 0 aromatic heterocycles. The Labute approximate surface area is 65.0 Å². The van der Waals surface area contributed by atoms with Gasteiger partial charge in [0.1, 0.15) is 5.82 Å². The maximum atomic E-state index is 12.5. The quantitative estimate of drug-likeness (QED) is 0.598. The van der Waals surface area contributed by atoms with Gasteiger partial charge in [0, 0.05) is 12.1 Å². The molecule has 2 heteroatoms. The first-order valence-electron chi connectivity index (χ1n) is 3.23. The van der Waals surface area contributed by atoms with Gasteiger partial charge >= 0.3 is 0 Å². The molecule has 0 saturated carbocycles. The summed E-state index contributed by atoms with van der Waals surface area (Å²) < 4.78 is 12.5. The highest BCUT2D eigenvalue weighted by atomic mass is 19.1. The standard InChI is InChI=1S/C9H8FN/c1-2-7-5-9(10)4-3-8(7)6-11/h1,3-5H,6,11H2. The molecule has 0 aliphatic carbocycles. The third-order valence-electron chi connectivity index (χ3n) is 1.45. The van der Waals surface area contributed by atoms with E-state index in [2.05, 4.69) is 5.92 Å². The molecule has 56 valence electrons. The van der Waals surface area contributed by atoms with Crippen molar-refractivity contribution in [2.24, 2.45) is 5.73 Å². The van der Waals surface area contributed by atoms with Gasteiger partial charge in [-0.15, -0.1) is 6.42 Å². The summed E-state index contributed by atoms with van der Waals surface area (Å²) >= 11 is 0. The maximum absolute atomic E-state index is 12.5. The van der Waals surface area contributed by atoms with Crippen LogP contribution in [0.4, 0.5) is 4.39 Å². The van der Waals surface area contributed by atoms with Crippen LogP contribution in [0.2, 0.25) is 0 Å². The summed E-state index contributed by atoms with van der Waals surface area (Å²) in [6, 6.07) is 4.26. The van der Waals surface area contributed by atoms with E-state index >= 15 is 0 Å². The van der Waals surface area contributed by atoms with Crippen LogP contribution in [0.5, 0.6) is 0 Å². The molecule has 0 unspecified atom stereocenters. The molecule has 0 bridgehead atoms. The Morgan fingerprint density at radius 3 is 2.82 bits per heavy atom. The predicted octanol–water partition coefficient (Wildman–Crippen LogP) is 1.27. The lowest BCUT2D eigenvalue weighted by molar-refractivity contribution is 0.626. The number of halogens is 1. The topological polar surface area (TPSA) is 26.0 Å². The second-order valence-electron chi connectivity index (χ2n) is 2.15. The van der Waals surface area contributed by atoms with Crippen molar-refractivity contribution in [1.82, 2.24) is 0 Å². The Morgan fingerprint density at radius 1 is 1.55 bits per heavy atom. The minimum absolute atomic E-state index is 0.324. The third-order valence-corrected chi connectivity index (χ3v) is 1.45. The fourth-order valence-corrected chi connectivity index (χ4v) is 0.861. The molecule has 0 aliphatic heterocycles. The smallest absolute Gasteiger partial charge is 0.124 e. The summed E-state index contributed by atoms with van der Waals surface area (Å²) in [5, 5.41) is 0. The van der Waals surface area contributed by atoms with Gasteiger partial charge in [0.15, 0.2) is 0 Å². The molecule has 0 atom stereocenters. The van der Waals surface area contributed by atoms with Crippen molar-refractivity contribution in [2.45, 2.75) is 6.54 Å². The highest BCUT2D eigenvalue weighted by Crippen LogP contribution is 2.08. The first-order valence-corrected chi connectivity index (χ1v) is 3.23. The Hall–Kier alpha value is -1.33. The van der Waals surface area contributed by atoms with Crippen molar-refractivity contribution in [3.63, 3.8) is 0 Å². The summed E-state index contributed by atoms with van der Waals surface area (Å²) in [5.74, 6) is 2.04. The highest BCUT2D eigenvalue weighted by molar-refractivity contribution is 5.39. The van der Waals surface area contributed by atoms with Crippen LogP contribution in [0, 0.1) is 18.2 Å². The van der Waals surface area contributed by atoms with E-state index < -0.39 is 0 Å². The highest BCUT2D eigenvalue weighted by Gasteiger charge is 1.98. The Bertz CT molecular complexity index is 299. The predicted molar refractivity (Wildman–Crippen MR) is 42.2 cm³/mol. The molecular formula is C9H8FN. The van der Waals surface area contributed by atoms with Crippen molar-refractivity contribution in [2.75, 3.05) is 0 Å². The molecule has 1 aromatic carbocycles. The average molecular weight is 149 g/mol. The Kier molecular flexibility index (Phi) is 2.25. The lowest BCUT2D eigenvalue weighted by atomic mass is 10.1. The molecule has 0 heterocycles. The molecule has 0 saturated heterocycles. The monoisotopic (exact) mass is 149 g/mol. The summed E-state index contributed by atoms with van der Waals surface area (Å²) in [7, 11) is 0. The van der Waals surface area contributed by atoms with Crippen molar-refractivity contribution in [3.05, 3.63) is 35.1 Å². The van der Waals surface area contributed by atoms with Crippen molar-refractivity contribution in [3.8, 4) is 12.3 Å². The van der Waals surface area contributed by atoms with Crippen LogP contribution >= 0.6 is 0 Å². The van der Waals surface area contributed by atoms with Crippen molar-refractivity contribution >= 4 is 0 Å². The molecule has 0 spiro atoms. The number of terminal acetylenes is 1. The van der Waals surface area contributed by atoms with Gasteiger partial charge in [-0.05, 0) is 17.7 Å². The van der Waals surface area contributed by atoms with Gasteiger partial charge in [0.05, 0.1) is 0 Å². The van der Waals surface area contributed by atoms with Crippen LogP contribution in [0.15, 0.2) is 18.2 Å². The third kappa shape index (κ3) is 1.57. The van der Waals surface area contributed by atoms with Gasteiger partial charge in [-0.25, -0.2) is 4.39 Å². The first-order chi connectivity index (χ1) is 5.27. The second-order valence-corrected chi connectivity index (χ2v) is 2.15. The lowest BCUT2D eigenvalue weighted by Gasteiger charge is -1.99. The van der Waals surface area contributed by atoms with Gasteiger partial charge in [-0.1, -0.05) is 12.0 Å². The van der Waals surface area contributed by atoms with Crippen molar-refractivity contribution in [1.29, 1.82) is 0 Å². The molecular weight excluding hydrogens is 141 g/mol. The van der Waals surface area contributed by atoms with E-state index in [1.807, 2.05) is 0 Å². The molecule has 1 aromatic rings. The van der Waals surface area contributed by atoms with Gasteiger partial charge in [0.25, 0.3) is 0 Å². The normalized spacial score (nSPS) is 9.18. The molecule has 1 nitrogen and oxygen atoms in total. The van der Waals surface area contributed by atoms with Crippen LogP contribution < -0.4 is 5.73 Å². The van der Waals surface area contributed by atoms with Crippen molar-refractivity contribution < 1.29 is 4.39 Å². The SMILES string of the molecule is C#Cc1cc(F)ccc1CN. The molecule has 0 aliphatic rings. The zero-order valence-electron chi connectivity index (χ0n) is 5.97. The van der Waals surface area contributed by atoms with Crippen LogP contribution in [0.1, 0.15) is 11.1 Å². The maximum Gasteiger partial charge on any atom is 0.124 e. The van der Waals surface area contributed by atoms with Gasteiger partial charge in [-0.2, -0.15) is 0 Å². The Balaban J connectivity index is 3.19. The van der Waals surface area contributed by atoms with Gasteiger partial charge < -0.3 is 5.73 Å². The van der Waals surface area contributed by atoms with Gasteiger partial charge in [0.2, 0.25) is 0 Å². The van der Waals surface area contributed by atoms with E-state index in [1.165, 1.54) is 12.1 Å². The fraction of sp³-hybridized carbons (Fsp3) is 0.111. The van der Waals surface area contributed by atoms with Gasteiger partial charge in [-0.3, -0.25) is 0 Å². The first kappa shape index (κ1) is 7.77.